The van der Waals surface area contributed by atoms with E-state index in [0.717, 1.165) is 11.3 Å². The van der Waals surface area contributed by atoms with E-state index in [1.54, 1.807) is 0 Å². The molecule has 0 fully saturated rings. The minimum absolute atomic E-state index is 0.0405. The Morgan fingerprint density at radius 2 is 2.25 bits per heavy atom. The number of fused-ring (bicyclic) bond motifs is 1. The fourth-order valence-electron chi connectivity index (χ4n) is 0.884. The highest BCUT2D eigenvalue weighted by Crippen LogP contribution is 2.29. The first-order chi connectivity index (χ1) is 5.66. The van der Waals surface area contributed by atoms with Crippen LogP contribution in [0.15, 0.2) is 21.3 Å². The van der Waals surface area contributed by atoms with Crippen molar-refractivity contribution in [3.63, 3.8) is 0 Å². The molecular weight excluding hydrogens is 200 g/mol. The van der Waals surface area contributed by atoms with Crippen molar-refractivity contribution >= 4 is 33.2 Å². The van der Waals surface area contributed by atoms with Crippen molar-refractivity contribution in [1.29, 1.82) is 0 Å². The Morgan fingerprint density at radius 1 is 1.50 bits per heavy atom. The van der Waals surface area contributed by atoms with Gasteiger partial charge in [0.25, 0.3) is 0 Å². The van der Waals surface area contributed by atoms with Gasteiger partial charge in [0.1, 0.15) is 5.75 Å². The summed E-state index contributed by atoms with van der Waals surface area (Å²) < 4.78 is 5.37. The average molecular weight is 203 g/mol. The molecule has 1 N–H and O–H groups in total. The molecule has 2 aromatic rings. The maximum absolute atomic E-state index is 10.7. The lowest BCUT2D eigenvalue weighted by atomic mass is 10.3. The molecule has 0 aliphatic carbocycles. The predicted octanol–water partition coefficient (Wildman–Crippen LogP) is 2.21. The lowest BCUT2D eigenvalue weighted by Gasteiger charge is -1.92. The fourth-order valence-corrected chi connectivity index (χ4v) is 1.72. The number of phenolic OH excluding ortho intramolecular Hbond substituents is 1. The molecule has 1 heterocycles. The molecule has 0 unspecified atom stereocenters. The molecule has 0 aliphatic rings. The molecule has 2 rings (SSSR count). The Kier molecular flexibility index (Phi) is 1.59. The number of aromatic hydroxyl groups is 1. The first-order valence-corrected chi connectivity index (χ1v) is 4.28. The zero-order chi connectivity index (χ0) is 8.72. The second kappa shape index (κ2) is 2.50. The van der Waals surface area contributed by atoms with Gasteiger partial charge in [0.05, 0.1) is 9.72 Å². The minimum Gasteiger partial charge on any atom is -0.506 e. The summed E-state index contributed by atoms with van der Waals surface area (Å²) in [5.41, 5.74) is 0.410. The number of halogens is 1. The molecule has 0 atom stereocenters. The van der Waals surface area contributed by atoms with Crippen molar-refractivity contribution in [2.24, 2.45) is 0 Å². The predicted molar refractivity (Wildman–Crippen MR) is 47.0 cm³/mol. The second-order valence-electron chi connectivity index (χ2n) is 2.20. The smallest absolute Gasteiger partial charge is 0.396 e. The normalized spacial score (nSPS) is 10.8. The molecule has 1 aromatic heterocycles. The quantitative estimate of drug-likeness (QED) is 0.713. The topological polar surface area (TPSA) is 50.4 Å². The zero-order valence-electron chi connectivity index (χ0n) is 5.70. The number of phenols is 1. The van der Waals surface area contributed by atoms with Crippen molar-refractivity contribution in [3.8, 4) is 5.75 Å². The highest BCUT2D eigenvalue weighted by Gasteiger charge is 2.06. The van der Waals surface area contributed by atoms with Crippen molar-refractivity contribution < 1.29 is 9.52 Å². The zero-order valence-corrected chi connectivity index (χ0v) is 7.28. The molecule has 12 heavy (non-hydrogen) atoms. The van der Waals surface area contributed by atoms with Crippen molar-refractivity contribution in [2.75, 3.05) is 0 Å². The molecular formula is C7H3ClO3S. The summed E-state index contributed by atoms with van der Waals surface area (Å²) in [7, 11) is 0. The highest BCUT2D eigenvalue weighted by atomic mass is 35.5. The molecule has 0 radical (unpaired) electrons. The summed E-state index contributed by atoms with van der Waals surface area (Å²) in [6.45, 7) is 0. The molecule has 5 heteroatoms. The Balaban J connectivity index is 2.92. The van der Waals surface area contributed by atoms with Crippen LogP contribution in [0.5, 0.6) is 5.75 Å². The second-order valence-corrected chi connectivity index (χ2v) is 3.59. The minimum atomic E-state index is -0.397. The van der Waals surface area contributed by atoms with Crippen LogP contribution < -0.4 is 4.94 Å². The van der Waals surface area contributed by atoms with Gasteiger partial charge < -0.3 is 9.52 Å². The third kappa shape index (κ3) is 1.09. The Hall–Kier alpha value is -1.00. The molecule has 0 amide bonds. The molecule has 62 valence electrons. The third-order valence-corrected chi connectivity index (χ3v) is 2.49. The van der Waals surface area contributed by atoms with Crippen LogP contribution in [0.25, 0.3) is 10.3 Å². The van der Waals surface area contributed by atoms with Crippen LogP contribution in [0, 0.1) is 0 Å². The monoisotopic (exact) mass is 202 g/mol. The maximum Gasteiger partial charge on any atom is 0.396 e. The van der Waals surface area contributed by atoms with Crippen LogP contribution in [0.2, 0.25) is 5.02 Å². The Bertz CT molecular complexity index is 443. The van der Waals surface area contributed by atoms with Crippen LogP contribution in [0.4, 0.5) is 0 Å². The van der Waals surface area contributed by atoms with E-state index in [4.69, 9.17) is 21.1 Å². The molecule has 0 aliphatic heterocycles. The van der Waals surface area contributed by atoms with Gasteiger partial charge in [0.2, 0.25) is 0 Å². The van der Waals surface area contributed by atoms with E-state index >= 15 is 0 Å². The van der Waals surface area contributed by atoms with Gasteiger partial charge in [-0.2, -0.15) is 0 Å². The van der Waals surface area contributed by atoms with Gasteiger partial charge in [-0.05, 0) is 0 Å². The van der Waals surface area contributed by atoms with Gasteiger partial charge in [-0.3, -0.25) is 0 Å². The standard InChI is InChI=1S/C7H3ClO3S/c8-3-1-5-6(2-4(3)9)12-7(10)11-5/h1-2,9H. The fraction of sp³-hybridized carbons (Fsp3) is 0. The van der Waals surface area contributed by atoms with Crippen LogP contribution in [-0.4, -0.2) is 5.11 Å². The largest absolute Gasteiger partial charge is 0.506 e. The Labute approximate surface area is 75.8 Å². The van der Waals surface area contributed by atoms with Gasteiger partial charge in [-0.25, -0.2) is 4.79 Å². The summed E-state index contributed by atoms with van der Waals surface area (Å²) in [5, 5.41) is 9.34. The first kappa shape index (κ1) is 7.64. The van der Waals surface area contributed by atoms with Gasteiger partial charge in [0.15, 0.2) is 5.58 Å². The SMILES string of the molecule is O=c1oc2cc(Cl)c(O)cc2s1. The summed E-state index contributed by atoms with van der Waals surface area (Å²) in [4.78, 5) is 10.3. The summed E-state index contributed by atoms with van der Waals surface area (Å²) in [5.74, 6) is -0.0405. The lowest BCUT2D eigenvalue weighted by molar-refractivity contribution is 0.476. The van der Waals surface area contributed by atoms with Gasteiger partial charge in [0, 0.05) is 12.1 Å². The van der Waals surface area contributed by atoms with Crippen LogP contribution in [0.1, 0.15) is 0 Å². The van der Waals surface area contributed by atoms with Crippen LogP contribution in [-0.2, 0) is 0 Å². The number of hydrogen-bond acceptors (Lipinski definition) is 4. The number of benzene rings is 1. The van der Waals surface area contributed by atoms with Gasteiger partial charge in [-0.1, -0.05) is 22.9 Å². The molecule has 0 spiro atoms. The molecule has 0 saturated carbocycles. The molecule has 0 saturated heterocycles. The number of rotatable bonds is 0. The number of hydrogen-bond donors (Lipinski definition) is 1. The summed E-state index contributed by atoms with van der Waals surface area (Å²) >= 11 is 6.52. The van der Waals surface area contributed by atoms with E-state index in [1.165, 1.54) is 12.1 Å². The molecule has 1 aromatic carbocycles. The first-order valence-electron chi connectivity index (χ1n) is 3.09. The van der Waals surface area contributed by atoms with E-state index in [0.29, 0.717) is 10.3 Å². The van der Waals surface area contributed by atoms with Crippen molar-refractivity contribution in [3.05, 3.63) is 26.9 Å². The van der Waals surface area contributed by atoms with E-state index in [9.17, 15) is 4.79 Å². The average Bonchev–Trinajstić information content (AvgIpc) is 2.30. The lowest BCUT2D eigenvalue weighted by Crippen LogP contribution is -1.79. The van der Waals surface area contributed by atoms with E-state index in [1.807, 2.05) is 0 Å². The van der Waals surface area contributed by atoms with E-state index in [2.05, 4.69) is 0 Å². The van der Waals surface area contributed by atoms with Crippen LogP contribution in [0.3, 0.4) is 0 Å². The van der Waals surface area contributed by atoms with Crippen molar-refractivity contribution in [2.45, 2.75) is 0 Å². The molecule has 0 bridgehead atoms. The molecule has 3 nitrogen and oxygen atoms in total. The Morgan fingerprint density at radius 3 is 3.00 bits per heavy atom. The van der Waals surface area contributed by atoms with Gasteiger partial charge in [-0.15, -0.1) is 0 Å². The summed E-state index contributed by atoms with van der Waals surface area (Å²) in [6, 6.07) is 2.83. The summed E-state index contributed by atoms with van der Waals surface area (Å²) in [6.07, 6.45) is 0. The van der Waals surface area contributed by atoms with Crippen LogP contribution >= 0.6 is 22.9 Å². The van der Waals surface area contributed by atoms with E-state index < -0.39 is 4.94 Å². The highest BCUT2D eigenvalue weighted by molar-refractivity contribution is 7.16. The van der Waals surface area contributed by atoms with Crippen molar-refractivity contribution in [1.82, 2.24) is 0 Å². The van der Waals surface area contributed by atoms with Gasteiger partial charge >= 0.3 is 4.94 Å². The maximum atomic E-state index is 10.7. The van der Waals surface area contributed by atoms with E-state index in [-0.39, 0.29) is 10.8 Å². The third-order valence-electron chi connectivity index (χ3n) is 1.40.